The zero-order valence-corrected chi connectivity index (χ0v) is 15.0. The molecule has 0 aliphatic carbocycles. The summed E-state index contributed by atoms with van der Waals surface area (Å²) in [6.45, 7) is 6.36. The van der Waals surface area contributed by atoms with Crippen LogP contribution in [0.1, 0.15) is 39.5 Å². The minimum atomic E-state index is 0.729. The van der Waals surface area contributed by atoms with Gasteiger partial charge in [-0.2, -0.15) is 0 Å². The molecule has 1 aromatic rings. The van der Waals surface area contributed by atoms with Crippen LogP contribution < -0.4 is 14.8 Å². The molecule has 22 heavy (non-hydrogen) atoms. The predicted molar refractivity (Wildman–Crippen MR) is 97.2 cm³/mol. The van der Waals surface area contributed by atoms with Gasteiger partial charge < -0.3 is 19.7 Å². The van der Waals surface area contributed by atoms with Crippen molar-refractivity contribution in [1.82, 2.24) is 4.90 Å². The van der Waals surface area contributed by atoms with Gasteiger partial charge in [-0.1, -0.05) is 26.7 Å². The molecular weight excluding hydrogens is 296 g/mol. The SMILES string of the molecule is CCCCN(CCCC)C(=S)Nc1ccc(OC)cc1OC. The van der Waals surface area contributed by atoms with E-state index in [0.717, 1.165) is 61.1 Å². The quantitative estimate of drug-likeness (QED) is 0.685. The lowest BCUT2D eigenvalue weighted by Gasteiger charge is -2.26. The summed E-state index contributed by atoms with van der Waals surface area (Å²) >= 11 is 5.58. The van der Waals surface area contributed by atoms with Gasteiger partial charge >= 0.3 is 0 Å². The van der Waals surface area contributed by atoms with Crippen molar-refractivity contribution >= 4 is 23.0 Å². The van der Waals surface area contributed by atoms with Crippen LogP contribution in [0.2, 0.25) is 0 Å². The first-order chi connectivity index (χ1) is 10.7. The average Bonchev–Trinajstić information content (AvgIpc) is 2.55. The van der Waals surface area contributed by atoms with Crippen molar-refractivity contribution in [3.05, 3.63) is 18.2 Å². The summed E-state index contributed by atoms with van der Waals surface area (Å²) in [4.78, 5) is 2.24. The molecule has 0 spiro atoms. The van der Waals surface area contributed by atoms with Gasteiger partial charge in [0.1, 0.15) is 11.5 Å². The number of unbranched alkanes of at least 4 members (excludes halogenated alkanes) is 2. The van der Waals surface area contributed by atoms with Crippen LogP contribution in [0.4, 0.5) is 5.69 Å². The van der Waals surface area contributed by atoms with Gasteiger partial charge in [-0.25, -0.2) is 0 Å². The van der Waals surface area contributed by atoms with Crippen LogP contribution in [-0.4, -0.2) is 37.3 Å². The number of nitrogens with one attached hydrogen (secondary N) is 1. The van der Waals surface area contributed by atoms with Crippen molar-refractivity contribution in [2.45, 2.75) is 39.5 Å². The highest BCUT2D eigenvalue weighted by molar-refractivity contribution is 7.80. The highest BCUT2D eigenvalue weighted by Gasteiger charge is 2.12. The Morgan fingerprint density at radius 2 is 1.73 bits per heavy atom. The van der Waals surface area contributed by atoms with E-state index in [0.29, 0.717) is 0 Å². The van der Waals surface area contributed by atoms with E-state index in [1.165, 1.54) is 0 Å². The molecular formula is C17H28N2O2S. The Balaban J connectivity index is 2.78. The lowest BCUT2D eigenvalue weighted by atomic mass is 10.2. The van der Waals surface area contributed by atoms with E-state index in [1.54, 1.807) is 14.2 Å². The number of benzene rings is 1. The molecule has 1 aromatic carbocycles. The van der Waals surface area contributed by atoms with Gasteiger partial charge in [0, 0.05) is 19.2 Å². The minimum absolute atomic E-state index is 0.729. The second-order valence-corrected chi connectivity index (χ2v) is 5.58. The van der Waals surface area contributed by atoms with Gasteiger partial charge in [-0.3, -0.25) is 0 Å². The van der Waals surface area contributed by atoms with Gasteiger partial charge in [0.05, 0.1) is 19.9 Å². The summed E-state index contributed by atoms with van der Waals surface area (Å²) in [7, 11) is 3.29. The molecule has 0 atom stereocenters. The maximum Gasteiger partial charge on any atom is 0.173 e. The molecule has 0 unspecified atom stereocenters. The van der Waals surface area contributed by atoms with Crippen molar-refractivity contribution in [2.75, 3.05) is 32.6 Å². The van der Waals surface area contributed by atoms with Crippen molar-refractivity contribution in [2.24, 2.45) is 0 Å². The first-order valence-electron chi connectivity index (χ1n) is 7.94. The Bertz CT molecular complexity index is 458. The Labute approximate surface area is 139 Å². The second-order valence-electron chi connectivity index (χ2n) is 5.19. The third-order valence-electron chi connectivity index (χ3n) is 3.50. The van der Waals surface area contributed by atoms with E-state index >= 15 is 0 Å². The van der Waals surface area contributed by atoms with E-state index in [2.05, 4.69) is 24.1 Å². The predicted octanol–water partition coefficient (Wildman–Crippen LogP) is 4.30. The monoisotopic (exact) mass is 324 g/mol. The summed E-state index contributed by atoms with van der Waals surface area (Å²) in [6.07, 6.45) is 4.62. The Hall–Kier alpha value is -1.49. The number of thiocarbonyl (C=S) groups is 1. The van der Waals surface area contributed by atoms with Crippen LogP contribution in [0.15, 0.2) is 18.2 Å². The zero-order chi connectivity index (χ0) is 16.4. The third-order valence-corrected chi connectivity index (χ3v) is 3.86. The first-order valence-corrected chi connectivity index (χ1v) is 8.35. The molecule has 0 aliphatic rings. The fourth-order valence-electron chi connectivity index (χ4n) is 2.11. The van der Waals surface area contributed by atoms with Gasteiger partial charge in [0.15, 0.2) is 5.11 Å². The van der Waals surface area contributed by atoms with Crippen LogP contribution >= 0.6 is 12.2 Å². The molecule has 0 fully saturated rings. The lowest BCUT2D eigenvalue weighted by Crippen LogP contribution is -2.36. The number of nitrogens with zero attached hydrogens (tertiary/aromatic N) is 1. The van der Waals surface area contributed by atoms with Crippen LogP contribution in [0.25, 0.3) is 0 Å². The molecule has 0 aliphatic heterocycles. The van der Waals surface area contributed by atoms with Gasteiger partial charge in [0.2, 0.25) is 0 Å². The van der Waals surface area contributed by atoms with Crippen molar-refractivity contribution in [1.29, 1.82) is 0 Å². The Morgan fingerprint density at radius 1 is 1.09 bits per heavy atom. The molecule has 124 valence electrons. The van der Waals surface area contributed by atoms with Crippen LogP contribution in [0.5, 0.6) is 11.5 Å². The van der Waals surface area contributed by atoms with E-state index in [1.807, 2.05) is 18.2 Å². The smallest absolute Gasteiger partial charge is 0.173 e. The molecule has 0 amide bonds. The van der Waals surface area contributed by atoms with E-state index in [9.17, 15) is 0 Å². The molecule has 0 saturated carbocycles. The summed E-state index contributed by atoms with van der Waals surface area (Å²) in [6, 6.07) is 5.69. The Morgan fingerprint density at radius 3 is 2.23 bits per heavy atom. The number of anilines is 1. The Kier molecular flexibility index (Phi) is 8.67. The van der Waals surface area contributed by atoms with E-state index in [-0.39, 0.29) is 0 Å². The molecule has 1 rings (SSSR count). The average molecular weight is 324 g/mol. The standard InChI is InChI=1S/C17H28N2O2S/c1-5-7-11-19(12-8-6-2)17(22)18-15-10-9-14(20-3)13-16(15)21-4/h9-10,13H,5-8,11-12H2,1-4H3,(H,18,22). The summed E-state index contributed by atoms with van der Waals surface area (Å²) in [5, 5.41) is 4.06. The van der Waals surface area contributed by atoms with Crippen LogP contribution in [0.3, 0.4) is 0 Å². The largest absolute Gasteiger partial charge is 0.497 e. The third kappa shape index (κ3) is 5.72. The molecule has 1 N–H and O–H groups in total. The second kappa shape index (κ2) is 10.3. The van der Waals surface area contributed by atoms with Crippen molar-refractivity contribution < 1.29 is 9.47 Å². The fourth-order valence-corrected chi connectivity index (χ4v) is 2.40. The topological polar surface area (TPSA) is 33.7 Å². The normalized spacial score (nSPS) is 10.2. The number of rotatable bonds is 9. The summed E-state index contributed by atoms with van der Waals surface area (Å²) < 4.78 is 10.6. The molecule has 0 bridgehead atoms. The first kappa shape index (κ1) is 18.6. The number of hydrogen-bond donors (Lipinski definition) is 1. The van der Waals surface area contributed by atoms with Crippen molar-refractivity contribution in [3.8, 4) is 11.5 Å². The fraction of sp³-hybridized carbons (Fsp3) is 0.588. The molecule has 0 heterocycles. The number of methoxy groups -OCH3 is 2. The number of hydrogen-bond acceptors (Lipinski definition) is 3. The maximum atomic E-state index is 5.58. The zero-order valence-electron chi connectivity index (χ0n) is 14.1. The van der Waals surface area contributed by atoms with Gasteiger partial charge in [-0.15, -0.1) is 0 Å². The highest BCUT2D eigenvalue weighted by atomic mass is 32.1. The van der Waals surface area contributed by atoms with Crippen LogP contribution in [-0.2, 0) is 0 Å². The molecule has 5 heteroatoms. The maximum absolute atomic E-state index is 5.58. The molecule has 0 saturated heterocycles. The molecule has 0 aromatic heterocycles. The number of ether oxygens (including phenoxy) is 2. The molecule has 4 nitrogen and oxygen atoms in total. The highest BCUT2D eigenvalue weighted by Crippen LogP contribution is 2.29. The van der Waals surface area contributed by atoms with E-state index < -0.39 is 0 Å². The summed E-state index contributed by atoms with van der Waals surface area (Å²) in [5.41, 5.74) is 0.867. The van der Waals surface area contributed by atoms with Gasteiger partial charge in [-0.05, 0) is 37.2 Å². The van der Waals surface area contributed by atoms with Gasteiger partial charge in [0.25, 0.3) is 0 Å². The van der Waals surface area contributed by atoms with E-state index in [4.69, 9.17) is 21.7 Å². The van der Waals surface area contributed by atoms with Crippen molar-refractivity contribution in [3.63, 3.8) is 0 Å². The lowest BCUT2D eigenvalue weighted by molar-refractivity contribution is 0.394. The minimum Gasteiger partial charge on any atom is -0.497 e. The molecule has 0 radical (unpaired) electrons. The summed E-state index contributed by atoms with van der Waals surface area (Å²) in [5.74, 6) is 1.50. The van der Waals surface area contributed by atoms with Crippen LogP contribution in [0, 0.1) is 0 Å².